The number of halogens is 3. The summed E-state index contributed by atoms with van der Waals surface area (Å²) in [5.41, 5.74) is 0.224. The molecular formula is C13H16F3NO. The average molecular weight is 259 g/mol. The molecule has 0 aromatic heterocycles. The Balaban J connectivity index is 1.91. The van der Waals surface area contributed by atoms with Crippen molar-refractivity contribution in [2.24, 2.45) is 0 Å². The number of hydrogen-bond donors (Lipinski definition) is 1. The molecule has 5 heteroatoms. The minimum Gasteiger partial charge on any atom is -0.380 e. The third kappa shape index (κ3) is 2.84. The molecule has 1 aromatic rings. The lowest BCUT2D eigenvalue weighted by Crippen LogP contribution is -2.44. The molecule has 100 valence electrons. The second kappa shape index (κ2) is 4.90. The standard InChI is InChI=1S/C13H16F3NO/c1-18-9-11-4-2-10(3-5-11)8-17-12(6-7-12)13(14,15)16/h2-5,17H,6-9H2,1H3. The minimum absolute atomic E-state index is 0.179. The highest BCUT2D eigenvalue weighted by atomic mass is 19.4. The molecular weight excluding hydrogens is 243 g/mol. The molecule has 0 spiro atoms. The van der Waals surface area contributed by atoms with Crippen LogP contribution in [-0.4, -0.2) is 18.8 Å². The first kappa shape index (κ1) is 13.4. The van der Waals surface area contributed by atoms with E-state index in [-0.39, 0.29) is 19.4 Å². The quantitative estimate of drug-likeness (QED) is 0.877. The highest BCUT2D eigenvalue weighted by Gasteiger charge is 2.62. The molecule has 1 saturated carbocycles. The van der Waals surface area contributed by atoms with E-state index < -0.39 is 11.7 Å². The number of nitrogens with one attached hydrogen (secondary N) is 1. The van der Waals surface area contributed by atoms with Gasteiger partial charge in [0.15, 0.2) is 0 Å². The lowest BCUT2D eigenvalue weighted by Gasteiger charge is -2.20. The van der Waals surface area contributed by atoms with E-state index in [0.717, 1.165) is 11.1 Å². The molecule has 0 saturated heterocycles. The third-order valence-electron chi connectivity index (χ3n) is 3.26. The van der Waals surface area contributed by atoms with Crippen molar-refractivity contribution in [3.05, 3.63) is 35.4 Å². The summed E-state index contributed by atoms with van der Waals surface area (Å²) < 4.78 is 43.0. The molecule has 0 radical (unpaired) electrons. The number of rotatable bonds is 5. The van der Waals surface area contributed by atoms with Crippen LogP contribution >= 0.6 is 0 Å². The summed E-state index contributed by atoms with van der Waals surface area (Å²) in [4.78, 5) is 0. The van der Waals surface area contributed by atoms with Crippen molar-refractivity contribution in [3.8, 4) is 0 Å². The Labute approximate surface area is 104 Å². The second-order valence-electron chi connectivity index (χ2n) is 4.68. The van der Waals surface area contributed by atoms with E-state index in [4.69, 9.17) is 4.74 Å². The van der Waals surface area contributed by atoms with Crippen LogP contribution in [0.4, 0.5) is 13.2 Å². The van der Waals surface area contributed by atoms with Crippen LogP contribution in [0.25, 0.3) is 0 Å². The maximum absolute atomic E-state index is 12.7. The van der Waals surface area contributed by atoms with Crippen LogP contribution in [0.3, 0.4) is 0 Å². The lowest BCUT2D eigenvalue weighted by atomic mass is 10.1. The summed E-state index contributed by atoms with van der Waals surface area (Å²) in [6.07, 6.45) is -3.79. The Hall–Kier alpha value is -1.07. The van der Waals surface area contributed by atoms with Crippen LogP contribution in [0.5, 0.6) is 0 Å². The van der Waals surface area contributed by atoms with Gasteiger partial charge in [-0.2, -0.15) is 13.2 Å². The number of ether oxygens (including phenoxy) is 1. The number of hydrogen-bond acceptors (Lipinski definition) is 2. The topological polar surface area (TPSA) is 21.3 Å². The van der Waals surface area contributed by atoms with E-state index in [1.165, 1.54) is 0 Å². The Kier molecular flexibility index (Phi) is 3.64. The summed E-state index contributed by atoms with van der Waals surface area (Å²) in [6.45, 7) is 0.757. The van der Waals surface area contributed by atoms with Crippen LogP contribution in [0, 0.1) is 0 Å². The zero-order valence-corrected chi connectivity index (χ0v) is 10.2. The van der Waals surface area contributed by atoms with Gasteiger partial charge in [0.25, 0.3) is 0 Å². The van der Waals surface area contributed by atoms with Gasteiger partial charge in [0.1, 0.15) is 5.54 Å². The number of benzene rings is 1. The second-order valence-corrected chi connectivity index (χ2v) is 4.68. The van der Waals surface area contributed by atoms with Gasteiger partial charge in [0.05, 0.1) is 6.61 Å². The van der Waals surface area contributed by atoms with E-state index in [0.29, 0.717) is 6.61 Å². The van der Waals surface area contributed by atoms with Crippen molar-refractivity contribution in [1.82, 2.24) is 5.32 Å². The van der Waals surface area contributed by atoms with Crippen molar-refractivity contribution in [3.63, 3.8) is 0 Å². The maximum Gasteiger partial charge on any atom is 0.406 e. The van der Waals surface area contributed by atoms with Crippen molar-refractivity contribution in [2.45, 2.75) is 37.7 Å². The Morgan fingerprint density at radius 1 is 1.17 bits per heavy atom. The molecule has 2 nitrogen and oxygen atoms in total. The molecule has 1 aliphatic carbocycles. The third-order valence-corrected chi connectivity index (χ3v) is 3.26. The van der Waals surface area contributed by atoms with Crippen LogP contribution in [-0.2, 0) is 17.9 Å². The number of alkyl halides is 3. The fraction of sp³-hybridized carbons (Fsp3) is 0.538. The molecule has 0 amide bonds. The first-order chi connectivity index (χ1) is 8.47. The molecule has 0 aliphatic heterocycles. The van der Waals surface area contributed by atoms with Gasteiger partial charge in [-0.25, -0.2) is 0 Å². The smallest absolute Gasteiger partial charge is 0.380 e. The zero-order valence-electron chi connectivity index (χ0n) is 10.2. The van der Waals surface area contributed by atoms with Crippen LogP contribution in [0.15, 0.2) is 24.3 Å². The summed E-state index contributed by atoms with van der Waals surface area (Å²) in [5.74, 6) is 0. The first-order valence-electron chi connectivity index (χ1n) is 5.85. The summed E-state index contributed by atoms with van der Waals surface area (Å²) in [5, 5.41) is 2.62. The number of methoxy groups -OCH3 is 1. The summed E-state index contributed by atoms with van der Waals surface area (Å²) >= 11 is 0. The monoisotopic (exact) mass is 259 g/mol. The van der Waals surface area contributed by atoms with Gasteiger partial charge in [-0.15, -0.1) is 0 Å². The molecule has 1 aliphatic rings. The minimum atomic E-state index is -4.15. The van der Waals surface area contributed by atoms with E-state index >= 15 is 0 Å². The molecule has 0 heterocycles. The lowest BCUT2D eigenvalue weighted by molar-refractivity contribution is -0.166. The Bertz CT molecular complexity index is 396. The SMILES string of the molecule is COCc1ccc(CNC2(C(F)(F)F)CC2)cc1. The van der Waals surface area contributed by atoms with Crippen molar-refractivity contribution >= 4 is 0 Å². The van der Waals surface area contributed by atoms with Crippen molar-refractivity contribution < 1.29 is 17.9 Å². The average Bonchev–Trinajstić information content (AvgIpc) is 3.09. The maximum atomic E-state index is 12.7. The predicted octanol–water partition coefficient (Wildman–Crippen LogP) is 3.02. The molecule has 2 rings (SSSR count). The molecule has 18 heavy (non-hydrogen) atoms. The Morgan fingerprint density at radius 3 is 2.17 bits per heavy atom. The van der Waals surface area contributed by atoms with Gasteiger partial charge in [-0.3, -0.25) is 5.32 Å². The van der Waals surface area contributed by atoms with Gasteiger partial charge < -0.3 is 4.74 Å². The van der Waals surface area contributed by atoms with E-state index in [9.17, 15) is 13.2 Å². The van der Waals surface area contributed by atoms with Crippen LogP contribution in [0.2, 0.25) is 0 Å². The van der Waals surface area contributed by atoms with Gasteiger partial charge in [-0.1, -0.05) is 24.3 Å². The largest absolute Gasteiger partial charge is 0.406 e. The first-order valence-corrected chi connectivity index (χ1v) is 5.85. The van der Waals surface area contributed by atoms with E-state index in [1.54, 1.807) is 7.11 Å². The van der Waals surface area contributed by atoms with Gasteiger partial charge in [0, 0.05) is 13.7 Å². The highest BCUT2D eigenvalue weighted by molar-refractivity contribution is 5.22. The van der Waals surface area contributed by atoms with E-state index in [2.05, 4.69) is 5.32 Å². The van der Waals surface area contributed by atoms with Crippen LogP contribution in [0.1, 0.15) is 24.0 Å². The molecule has 1 aromatic carbocycles. The van der Waals surface area contributed by atoms with Gasteiger partial charge >= 0.3 is 6.18 Å². The van der Waals surface area contributed by atoms with Crippen molar-refractivity contribution in [2.75, 3.05) is 7.11 Å². The molecule has 1 N–H and O–H groups in total. The molecule has 0 atom stereocenters. The molecule has 0 bridgehead atoms. The van der Waals surface area contributed by atoms with Crippen LogP contribution < -0.4 is 5.32 Å². The Morgan fingerprint density at radius 2 is 1.72 bits per heavy atom. The van der Waals surface area contributed by atoms with Gasteiger partial charge in [-0.05, 0) is 24.0 Å². The highest BCUT2D eigenvalue weighted by Crippen LogP contribution is 2.49. The summed E-state index contributed by atoms with van der Waals surface area (Å²) in [7, 11) is 1.61. The fourth-order valence-corrected chi connectivity index (χ4v) is 1.88. The van der Waals surface area contributed by atoms with E-state index in [1.807, 2.05) is 24.3 Å². The normalized spacial score (nSPS) is 17.8. The summed E-state index contributed by atoms with van der Waals surface area (Å²) in [6, 6.07) is 7.39. The predicted molar refractivity (Wildman–Crippen MR) is 62.0 cm³/mol. The molecule has 0 unspecified atom stereocenters. The molecule has 1 fully saturated rings. The van der Waals surface area contributed by atoms with Gasteiger partial charge in [0.2, 0.25) is 0 Å². The zero-order chi connectivity index (χ0) is 13.2. The van der Waals surface area contributed by atoms with Crippen molar-refractivity contribution in [1.29, 1.82) is 0 Å². The fourth-order valence-electron chi connectivity index (χ4n) is 1.88.